The number of rotatable bonds is 6. The fourth-order valence-corrected chi connectivity index (χ4v) is 2.83. The Morgan fingerprint density at radius 2 is 1.93 bits per heavy atom. The van der Waals surface area contributed by atoms with Crippen molar-refractivity contribution in [2.24, 2.45) is 0 Å². The summed E-state index contributed by atoms with van der Waals surface area (Å²) in [6, 6.07) is 19.1. The van der Waals surface area contributed by atoms with Crippen LogP contribution in [0.3, 0.4) is 0 Å². The third kappa shape index (κ3) is 4.04. The lowest BCUT2D eigenvalue weighted by molar-refractivity contribution is -0.150. The summed E-state index contributed by atoms with van der Waals surface area (Å²) >= 11 is 0. The molecule has 3 aromatic rings. The quantitative estimate of drug-likeness (QED) is 0.601. The number of carbonyl (C=O) groups excluding carboxylic acids is 1. The van der Waals surface area contributed by atoms with Gasteiger partial charge < -0.3 is 14.4 Å². The zero-order valence-corrected chi connectivity index (χ0v) is 16.0. The molecule has 142 valence electrons. The van der Waals surface area contributed by atoms with Crippen molar-refractivity contribution in [3.05, 3.63) is 60.3 Å². The summed E-state index contributed by atoms with van der Waals surface area (Å²) in [5.74, 6) is 0.846. The van der Waals surface area contributed by atoms with Crippen LogP contribution in [0.4, 0.5) is 11.5 Å². The molecule has 0 bridgehead atoms. The van der Waals surface area contributed by atoms with Crippen molar-refractivity contribution in [1.82, 2.24) is 4.98 Å². The van der Waals surface area contributed by atoms with Gasteiger partial charge in [0, 0.05) is 18.1 Å². The van der Waals surface area contributed by atoms with E-state index < -0.39 is 12.1 Å². The Hall–Kier alpha value is -3.59. The van der Waals surface area contributed by atoms with E-state index in [2.05, 4.69) is 11.1 Å². The van der Waals surface area contributed by atoms with Crippen molar-refractivity contribution in [3.63, 3.8) is 0 Å². The standard InChI is InChI=1S/C22H21N3O3/c1-4-27-22(26)15(2)28-18-11-9-17(10-12-18)25(3)21-13-16-7-5-6-8-19(16)20(14-23)24-21/h5-13,15H,4H2,1-3H3. The SMILES string of the molecule is CCOC(=O)C(C)Oc1ccc(N(C)c2cc3ccccc3c(C#N)n2)cc1. The lowest BCUT2D eigenvalue weighted by atomic mass is 10.1. The van der Waals surface area contributed by atoms with Gasteiger partial charge in [-0.2, -0.15) is 5.26 Å². The Bertz CT molecular complexity index is 1030. The molecule has 1 heterocycles. The fraction of sp³-hybridized carbons (Fsp3) is 0.227. The predicted molar refractivity (Wildman–Crippen MR) is 108 cm³/mol. The third-order valence-electron chi connectivity index (χ3n) is 4.33. The van der Waals surface area contributed by atoms with Crippen molar-refractivity contribution in [2.45, 2.75) is 20.0 Å². The molecule has 0 aliphatic carbocycles. The average molecular weight is 375 g/mol. The number of pyridine rings is 1. The number of carbonyl (C=O) groups is 1. The molecule has 3 rings (SSSR count). The molecule has 0 radical (unpaired) electrons. The van der Waals surface area contributed by atoms with Crippen LogP contribution in [0.15, 0.2) is 54.6 Å². The maximum atomic E-state index is 11.7. The lowest BCUT2D eigenvalue weighted by Crippen LogP contribution is -2.26. The molecule has 0 amide bonds. The van der Waals surface area contributed by atoms with Crippen LogP contribution in [0.5, 0.6) is 5.75 Å². The molecule has 0 aliphatic rings. The van der Waals surface area contributed by atoms with Gasteiger partial charge in [0.05, 0.1) is 6.61 Å². The van der Waals surface area contributed by atoms with Crippen LogP contribution < -0.4 is 9.64 Å². The van der Waals surface area contributed by atoms with E-state index in [4.69, 9.17) is 9.47 Å². The van der Waals surface area contributed by atoms with E-state index in [-0.39, 0.29) is 0 Å². The number of esters is 1. The molecule has 0 saturated carbocycles. The minimum atomic E-state index is -0.677. The number of fused-ring (bicyclic) bond motifs is 1. The number of aromatic nitrogens is 1. The van der Waals surface area contributed by atoms with Gasteiger partial charge >= 0.3 is 5.97 Å². The Kier molecular flexibility index (Phi) is 5.75. The molecule has 0 N–H and O–H groups in total. The number of nitrogens with zero attached hydrogens (tertiary/aromatic N) is 3. The minimum absolute atomic E-state index is 0.319. The number of hydrogen-bond donors (Lipinski definition) is 0. The number of ether oxygens (including phenoxy) is 2. The van der Waals surface area contributed by atoms with Crippen LogP contribution in [-0.2, 0) is 9.53 Å². The Balaban J connectivity index is 1.82. The molecule has 28 heavy (non-hydrogen) atoms. The highest BCUT2D eigenvalue weighted by Crippen LogP contribution is 2.28. The molecule has 1 unspecified atom stereocenters. The first-order valence-corrected chi connectivity index (χ1v) is 9.00. The van der Waals surface area contributed by atoms with Gasteiger partial charge in [0.15, 0.2) is 11.8 Å². The Morgan fingerprint density at radius 3 is 2.61 bits per heavy atom. The smallest absolute Gasteiger partial charge is 0.347 e. The molecule has 1 atom stereocenters. The molecule has 1 aromatic heterocycles. The highest BCUT2D eigenvalue weighted by Gasteiger charge is 2.16. The van der Waals surface area contributed by atoms with Crippen LogP contribution in [0.25, 0.3) is 10.8 Å². The van der Waals surface area contributed by atoms with Gasteiger partial charge in [-0.25, -0.2) is 9.78 Å². The normalized spacial score (nSPS) is 11.5. The molecule has 2 aromatic carbocycles. The highest BCUT2D eigenvalue weighted by atomic mass is 16.6. The number of benzene rings is 2. The van der Waals surface area contributed by atoms with Crippen LogP contribution in [0.1, 0.15) is 19.5 Å². The first kappa shape index (κ1) is 19.2. The molecule has 6 heteroatoms. The molecule has 0 fully saturated rings. The number of anilines is 2. The van der Waals surface area contributed by atoms with E-state index in [0.29, 0.717) is 23.9 Å². The van der Waals surface area contributed by atoms with Crippen LogP contribution in [0.2, 0.25) is 0 Å². The van der Waals surface area contributed by atoms with E-state index in [1.165, 1.54) is 0 Å². The first-order valence-electron chi connectivity index (χ1n) is 9.00. The van der Waals surface area contributed by atoms with Crippen molar-refractivity contribution in [1.29, 1.82) is 5.26 Å². The fourth-order valence-electron chi connectivity index (χ4n) is 2.83. The molecule has 6 nitrogen and oxygen atoms in total. The zero-order chi connectivity index (χ0) is 20.1. The monoisotopic (exact) mass is 375 g/mol. The van der Waals surface area contributed by atoms with E-state index in [9.17, 15) is 10.1 Å². The summed E-state index contributed by atoms with van der Waals surface area (Å²) in [5, 5.41) is 11.2. The molecular weight excluding hydrogens is 354 g/mol. The van der Waals surface area contributed by atoms with E-state index in [1.807, 2.05) is 54.4 Å². The first-order chi connectivity index (χ1) is 13.5. The Morgan fingerprint density at radius 1 is 1.21 bits per heavy atom. The lowest BCUT2D eigenvalue weighted by Gasteiger charge is -2.20. The van der Waals surface area contributed by atoms with Crippen molar-refractivity contribution in [3.8, 4) is 11.8 Å². The topological polar surface area (TPSA) is 75.5 Å². The summed E-state index contributed by atoms with van der Waals surface area (Å²) < 4.78 is 10.6. The zero-order valence-electron chi connectivity index (χ0n) is 16.0. The maximum Gasteiger partial charge on any atom is 0.347 e. The second-order valence-corrected chi connectivity index (χ2v) is 6.23. The Labute approximate surface area is 163 Å². The second kappa shape index (κ2) is 8.40. The summed E-state index contributed by atoms with van der Waals surface area (Å²) in [5.41, 5.74) is 1.27. The van der Waals surface area contributed by atoms with Crippen LogP contribution in [0, 0.1) is 11.3 Å². The number of nitriles is 1. The molecule has 0 aliphatic heterocycles. The summed E-state index contributed by atoms with van der Waals surface area (Å²) in [4.78, 5) is 18.1. The number of hydrogen-bond acceptors (Lipinski definition) is 6. The van der Waals surface area contributed by atoms with Gasteiger partial charge in [0.1, 0.15) is 17.6 Å². The van der Waals surface area contributed by atoms with Crippen molar-refractivity contribution < 1.29 is 14.3 Å². The minimum Gasteiger partial charge on any atom is -0.479 e. The van der Waals surface area contributed by atoms with Gasteiger partial charge in [-0.3, -0.25) is 0 Å². The predicted octanol–water partition coefficient (Wildman–Crippen LogP) is 4.20. The summed E-state index contributed by atoms with van der Waals surface area (Å²) in [6.07, 6.45) is -0.677. The third-order valence-corrected chi connectivity index (χ3v) is 4.33. The van der Waals surface area contributed by atoms with Gasteiger partial charge in [-0.15, -0.1) is 0 Å². The van der Waals surface area contributed by atoms with Crippen molar-refractivity contribution >= 4 is 28.2 Å². The maximum absolute atomic E-state index is 11.7. The molecule has 0 saturated heterocycles. The van der Waals surface area contributed by atoms with Gasteiger partial charge in [-0.05, 0) is 49.6 Å². The van der Waals surface area contributed by atoms with Gasteiger partial charge in [0.25, 0.3) is 0 Å². The summed E-state index contributed by atoms with van der Waals surface area (Å²) in [7, 11) is 1.88. The average Bonchev–Trinajstić information content (AvgIpc) is 2.73. The molecular formula is C22H21N3O3. The van der Waals surface area contributed by atoms with E-state index >= 15 is 0 Å². The highest BCUT2D eigenvalue weighted by molar-refractivity contribution is 5.89. The molecule has 0 spiro atoms. The van der Waals surface area contributed by atoms with E-state index in [0.717, 1.165) is 16.5 Å². The summed E-state index contributed by atoms with van der Waals surface area (Å²) in [6.45, 7) is 3.73. The largest absolute Gasteiger partial charge is 0.479 e. The van der Waals surface area contributed by atoms with Crippen LogP contribution in [-0.4, -0.2) is 30.7 Å². The van der Waals surface area contributed by atoms with E-state index in [1.54, 1.807) is 26.0 Å². The van der Waals surface area contributed by atoms with Gasteiger partial charge in [0.2, 0.25) is 0 Å². The van der Waals surface area contributed by atoms with Crippen LogP contribution >= 0.6 is 0 Å². The van der Waals surface area contributed by atoms with Gasteiger partial charge in [-0.1, -0.05) is 24.3 Å². The van der Waals surface area contributed by atoms with Crippen molar-refractivity contribution in [2.75, 3.05) is 18.6 Å². The second-order valence-electron chi connectivity index (χ2n) is 6.23.